The van der Waals surface area contributed by atoms with Crippen molar-refractivity contribution in [2.45, 2.75) is 29.9 Å². The molecule has 4 nitrogen and oxygen atoms in total. The van der Waals surface area contributed by atoms with Gasteiger partial charge in [-0.05, 0) is 19.1 Å². The van der Waals surface area contributed by atoms with E-state index in [1.165, 1.54) is 0 Å². The van der Waals surface area contributed by atoms with Gasteiger partial charge in [0.2, 0.25) is 0 Å². The maximum atomic E-state index is 12.2. The molecule has 0 spiro atoms. The summed E-state index contributed by atoms with van der Waals surface area (Å²) in [5, 5.41) is 8.45. The van der Waals surface area contributed by atoms with Gasteiger partial charge in [0.15, 0.2) is 11.5 Å². The Bertz CT molecular complexity index is 495. The lowest BCUT2D eigenvalue weighted by atomic mass is 10.3. The fourth-order valence-electron chi connectivity index (χ4n) is 1.71. The molecule has 1 aromatic carbocycles. The van der Waals surface area contributed by atoms with Crippen LogP contribution < -0.4 is 9.47 Å². The third-order valence-electron chi connectivity index (χ3n) is 2.70. The van der Waals surface area contributed by atoms with Gasteiger partial charge in [0.05, 0.1) is 30.1 Å². The van der Waals surface area contributed by atoms with Gasteiger partial charge in [-0.15, -0.1) is 0 Å². The summed E-state index contributed by atoms with van der Waals surface area (Å²) in [6.07, 6.45) is 1.12. The number of nitriles is 1. The molecule has 2 unspecified atom stereocenters. The normalized spacial score (nSPS) is 17.3. The molecular weight excluding hydrogens is 250 g/mol. The van der Waals surface area contributed by atoms with Crippen molar-refractivity contribution >= 4 is 10.8 Å². The van der Waals surface area contributed by atoms with E-state index in [-0.39, 0.29) is 11.7 Å². The van der Waals surface area contributed by atoms with Gasteiger partial charge in [0.1, 0.15) is 0 Å². The molecule has 0 aliphatic carbocycles. The zero-order chi connectivity index (χ0) is 13.0. The molecule has 1 heterocycles. The van der Waals surface area contributed by atoms with Crippen molar-refractivity contribution in [1.82, 2.24) is 0 Å². The van der Waals surface area contributed by atoms with E-state index in [0.717, 1.165) is 6.42 Å². The van der Waals surface area contributed by atoms with E-state index in [2.05, 4.69) is 0 Å². The molecule has 1 aliphatic rings. The Hall–Kier alpha value is -1.54. The van der Waals surface area contributed by atoms with E-state index in [1.807, 2.05) is 13.0 Å². The molecule has 0 N–H and O–H groups in total. The summed E-state index contributed by atoms with van der Waals surface area (Å²) in [6.45, 7) is 3.06. The quantitative estimate of drug-likeness (QED) is 0.841. The highest BCUT2D eigenvalue weighted by molar-refractivity contribution is 7.85. The van der Waals surface area contributed by atoms with Crippen molar-refractivity contribution in [2.24, 2.45) is 0 Å². The molecular formula is C13H15NO3S. The second-order valence-electron chi connectivity index (χ2n) is 4.13. The molecule has 0 saturated carbocycles. The third kappa shape index (κ3) is 2.82. The summed E-state index contributed by atoms with van der Waals surface area (Å²) in [5.74, 6) is 1.34. The molecule has 0 fully saturated rings. The molecule has 2 atom stereocenters. The van der Waals surface area contributed by atoms with E-state index >= 15 is 0 Å². The Labute approximate surface area is 109 Å². The predicted octanol–water partition coefficient (Wildman–Crippen LogP) is 2.26. The van der Waals surface area contributed by atoms with Crippen LogP contribution in [0, 0.1) is 11.3 Å². The number of nitrogens with zero attached hydrogens (tertiary/aromatic N) is 1. The van der Waals surface area contributed by atoms with Crippen molar-refractivity contribution in [3.05, 3.63) is 18.2 Å². The average Bonchev–Trinajstić information content (AvgIpc) is 2.62. The lowest BCUT2D eigenvalue weighted by Gasteiger charge is -2.11. The predicted molar refractivity (Wildman–Crippen MR) is 68.1 cm³/mol. The number of rotatable bonds is 3. The Morgan fingerprint density at radius 3 is 2.83 bits per heavy atom. The summed E-state index contributed by atoms with van der Waals surface area (Å²) >= 11 is 0. The van der Waals surface area contributed by atoms with E-state index < -0.39 is 10.8 Å². The monoisotopic (exact) mass is 265 g/mol. The Morgan fingerprint density at radius 1 is 1.39 bits per heavy atom. The Kier molecular flexibility index (Phi) is 4.21. The van der Waals surface area contributed by atoms with Crippen molar-refractivity contribution < 1.29 is 13.7 Å². The maximum Gasteiger partial charge on any atom is 0.162 e. The summed E-state index contributed by atoms with van der Waals surface area (Å²) in [6, 6.07) is 7.36. The Morgan fingerprint density at radius 2 is 2.11 bits per heavy atom. The second-order valence-corrected chi connectivity index (χ2v) is 6.00. The van der Waals surface area contributed by atoms with E-state index in [1.54, 1.807) is 18.2 Å². The maximum absolute atomic E-state index is 12.2. The first kappa shape index (κ1) is 12.9. The minimum atomic E-state index is -1.19. The Balaban J connectivity index is 2.23. The summed E-state index contributed by atoms with van der Waals surface area (Å²) in [5.41, 5.74) is 0. The van der Waals surface area contributed by atoms with E-state index in [9.17, 15) is 4.21 Å². The van der Waals surface area contributed by atoms with Crippen LogP contribution in [0.2, 0.25) is 0 Å². The summed E-state index contributed by atoms with van der Waals surface area (Å²) < 4.78 is 23.2. The van der Waals surface area contributed by atoms with Crippen molar-refractivity contribution in [3.63, 3.8) is 0 Å². The number of hydrogen-bond donors (Lipinski definition) is 0. The standard InChI is InChI=1S/C13H15NO3S/c1-10(5-6-14)18(15)11-3-4-12-13(9-11)17-8-2-7-16-12/h3-4,9-10H,2,5,7-8H2,1H3. The molecule has 0 bridgehead atoms. The van der Waals surface area contributed by atoms with Gasteiger partial charge in [-0.25, -0.2) is 0 Å². The topological polar surface area (TPSA) is 59.3 Å². The summed E-state index contributed by atoms with van der Waals surface area (Å²) in [4.78, 5) is 0.682. The molecule has 96 valence electrons. The first-order valence-electron chi connectivity index (χ1n) is 5.89. The van der Waals surface area contributed by atoms with Gasteiger partial charge in [0, 0.05) is 29.1 Å². The van der Waals surface area contributed by atoms with Gasteiger partial charge < -0.3 is 9.47 Å². The number of ether oxygens (including phenoxy) is 2. The van der Waals surface area contributed by atoms with Gasteiger partial charge in [-0.3, -0.25) is 4.21 Å². The molecule has 0 saturated heterocycles. The van der Waals surface area contributed by atoms with Gasteiger partial charge in [-0.1, -0.05) is 0 Å². The van der Waals surface area contributed by atoms with Crippen molar-refractivity contribution in [3.8, 4) is 17.6 Å². The van der Waals surface area contributed by atoms with Crippen LogP contribution in [0.3, 0.4) is 0 Å². The molecule has 0 radical (unpaired) electrons. The fraction of sp³-hybridized carbons (Fsp3) is 0.462. The van der Waals surface area contributed by atoms with Gasteiger partial charge in [0.25, 0.3) is 0 Å². The van der Waals surface area contributed by atoms with Crippen LogP contribution in [-0.4, -0.2) is 22.7 Å². The first-order valence-corrected chi connectivity index (χ1v) is 7.11. The number of fused-ring (bicyclic) bond motifs is 1. The highest BCUT2D eigenvalue weighted by atomic mass is 32.2. The van der Waals surface area contributed by atoms with Crippen LogP contribution in [0.25, 0.3) is 0 Å². The number of benzene rings is 1. The van der Waals surface area contributed by atoms with Crippen LogP contribution in [0.4, 0.5) is 0 Å². The summed E-state index contributed by atoms with van der Waals surface area (Å²) in [7, 11) is -1.19. The minimum Gasteiger partial charge on any atom is -0.490 e. The van der Waals surface area contributed by atoms with E-state index in [4.69, 9.17) is 14.7 Å². The van der Waals surface area contributed by atoms with Crippen LogP contribution in [0.5, 0.6) is 11.5 Å². The lowest BCUT2D eigenvalue weighted by molar-refractivity contribution is 0.297. The fourth-order valence-corrected chi connectivity index (χ4v) is 2.82. The molecule has 1 aliphatic heterocycles. The molecule has 5 heteroatoms. The third-order valence-corrected chi connectivity index (χ3v) is 4.31. The molecule has 2 rings (SSSR count). The lowest BCUT2D eigenvalue weighted by Crippen LogP contribution is -2.10. The van der Waals surface area contributed by atoms with Gasteiger partial charge >= 0.3 is 0 Å². The number of hydrogen-bond acceptors (Lipinski definition) is 4. The average molecular weight is 265 g/mol. The smallest absolute Gasteiger partial charge is 0.162 e. The highest BCUT2D eigenvalue weighted by Crippen LogP contribution is 2.32. The van der Waals surface area contributed by atoms with Gasteiger partial charge in [-0.2, -0.15) is 5.26 Å². The minimum absolute atomic E-state index is 0.181. The zero-order valence-electron chi connectivity index (χ0n) is 10.2. The van der Waals surface area contributed by atoms with Crippen molar-refractivity contribution in [2.75, 3.05) is 13.2 Å². The van der Waals surface area contributed by atoms with Crippen LogP contribution >= 0.6 is 0 Å². The second kappa shape index (κ2) is 5.87. The molecule has 0 aromatic heterocycles. The van der Waals surface area contributed by atoms with Crippen LogP contribution in [0.1, 0.15) is 19.8 Å². The molecule has 0 amide bonds. The highest BCUT2D eigenvalue weighted by Gasteiger charge is 2.17. The largest absolute Gasteiger partial charge is 0.490 e. The van der Waals surface area contributed by atoms with E-state index in [0.29, 0.717) is 29.6 Å². The molecule has 18 heavy (non-hydrogen) atoms. The SMILES string of the molecule is CC(CC#N)S(=O)c1ccc2c(c1)OCCCO2. The molecule has 1 aromatic rings. The zero-order valence-corrected chi connectivity index (χ0v) is 11.0. The first-order chi connectivity index (χ1) is 8.72. The van der Waals surface area contributed by atoms with Crippen LogP contribution in [-0.2, 0) is 10.8 Å². The van der Waals surface area contributed by atoms with Crippen molar-refractivity contribution in [1.29, 1.82) is 5.26 Å². The van der Waals surface area contributed by atoms with Crippen LogP contribution in [0.15, 0.2) is 23.1 Å².